The lowest BCUT2D eigenvalue weighted by Gasteiger charge is -2.34. The number of sulfone groups is 1. The molecule has 0 bridgehead atoms. The molecule has 4 nitrogen and oxygen atoms in total. The average molecular weight is 322 g/mol. The lowest BCUT2D eigenvalue weighted by molar-refractivity contribution is 0.355. The van der Waals surface area contributed by atoms with Crippen molar-refractivity contribution in [3.05, 3.63) is 55.1 Å². The third-order valence-corrected chi connectivity index (χ3v) is 5.68. The third-order valence-electron chi connectivity index (χ3n) is 3.74. The maximum atomic E-state index is 12.0. The molecule has 0 fully saturated rings. The van der Waals surface area contributed by atoms with E-state index in [0.717, 1.165) is 5.56 Å². The lowest BCUT2D eigenvalue weighted by atomic mass is 9.81. The maximum absolute atomic E-state index is 12.0. The largest absolute Gasteiger partial charge is 0.323 e. The van der Waals surface area contributed by atoms with Gasteiger partial charge in [-0.05, 0) is 37.0 Å². The minimum Gasteiger partial charge on any atom is -0.323 e. The van der Waals surface area contributed by atoms with Crippen LogP contribution in [-0.4, -0.2) is 19.7 Å². The van der Waals surface area contributed by atoms with E-state index in [9.17, 15) is 8.42 Å². The molecule has 1 unspecified atom stereocenters. The first-order chi connectivity index (χ1) is 10.3. The van der Waals surface area contributed by atoms with Crippen molar-refractivity contribution in [3.63, 3.8) is 0 Å². The highest BCUT2D eigenvalue weighted by atomic mass is 32.2. The van der Waals surface area contributed by atoms with Gasteiger partial charge in [-0.1, -0.05) is 31.2 Å². The highest BCUT2D eigenvalue weighted by molar-refractivity contribution is 7.91. The summed E-state index contributed by atoms with van der Waals surface area (Å²) in [4.78, 5) is 0.320. The molecule has 0 aromatic heterocycles. The second-order valence-electron chi connectivity index (χ2n) is 5.58. The number of hydrogen-bond acceptors (Lipinski definition) is 4. The molecule has 5 heteroatoms. The Morgan fingerprint density at radius 3 is 2.09 bits per heavy atom. The van der Waals surface area contributed by atoms with Crippen LogP contribution in [-0.2, 0) is 9.84 Å². The van der Waals surface area contributed by atoms with Gasteiger partial charge in [-0.25, -0.2) is 8.42 Å². The van der Waals surface area contributed by atoms with Crippen LogP contribution in [0.3, 0.4) is 0 Å². The Balaban J connectivity index is 3.07. The Morgan fingerprint density at radius 2 is 1.68 bits per heavy atom. The Hall–Kier alpha value is -1.43. The van der Waals surface area contributed by atoms with Crippen LogP contribution in [0.5, 0.6) is 0 Å². The van der Waals surface area contributed by atoms with Crippen molar-refractivity contribution in [2.75, 3.05) is 5.75 Å². The van der Waals surface area contributed by atoms with Gasteiger partial charge in [0, 0.05) is 11.6 Å². The summed E-state index contributed by atoms with van der Waals surface area (Å²) in [7, 11) is -3.21. The predicted molar refractivity (Wildman–Crippen MR) is 92.3 cm³/mol. The molecular formula is C17H26N2O2S. The zero-order valence-corrected chi connectivity index (χ0v) is 14.0. The molecular weight excluding hydrogens is 296 g/mol. The molecule has 0 radical (unpaired) electrons. The molecule has 0 saturated carbocycles. The number of rotatable bonds is 9. The van der Waals surface area contributed by atoms with Gasteiger partial charge in [-0.2, -0.15) is 0 Å². The van der Waals surface area contributed by atoms with E-state index >= 15 is 0 Å². The van der Waals surface area contributed by atoms with E-state index in [2.05, 4.69) is 13.2 Å². The fourth-order valence-corrected chi connectivity index (χ4v) is 3.80. The van der Waals surface area contributed by atoms with Gasteiger partial charge >= 0.3 is 0 Å². The standard InChI is InChI=1S/C17H26N2O2S/c1-4-11-17(19,12-5-2)16(18)14-7-9-15(10-8-14)22(20,21)13-6-3/h4-5,7-10,16H,1-2,6,11-13,18-19H2,3H3. The molecule has 22 heavy (non-hydrogen) atoms. The van der Waals surface area contributed by atoms with Gasteiger partial charge in [0.05, 0.1) is 10.6 Å². The minimum atomic E-state index is -3.21. The summed E-state index contributed by atoms with van der Waals surface area (Å²) < 4.78 is 24.1. The summed E-state index contributed by atoms with van der Waals surface area (Å²) in [5, 5.41) is 0. The van der Waals surface area contributed by atoms with E-state index < -0.39 is 21.4 Å². The van der Waals surface area contributed by atoms with Gasteiger partial charge in [0.25, 0.3) is 0 Å². The molecule has 0 amide bonds. The van der Waals surface area contributed by atoms with E-state index in [1.807, 2.05) is 6.92 Å². The maximum Gasteiger partial charge on any atom is 0.178 e. The first kappa shape index (κ1) is 18.6. The van der Waals surface area contributed by atoms with Crippen molar-refractivity contribution >= 4 is 9.84 Å². The molecule has 1 aromatic carbocycles. The highest BCUT2D eigenvalue weighted by Gasteiger charge is 2.31. The van der Waals surface area contributed by atoms with Crippen molar-refractivity contribution < 1.29 is 8.42 Å². The van der Waals surface area contributed by atoms with Crippen LogP contribution in [0, 0.1) is 0 Å². The molecule has 0 aliphatic rings. The second kappa shape index (κ2) is 7.72. The topological polar surface area (TPSA) is 86.2 Å². The van der Waals surface area contributed by atoms with Crippen molar-refractivity contribution in [2.24, 2.45) is 11.5 Å². The van der Waals surface area contributed by atoms with Gasteiger partial charge < -0.3 is 11.5 Å². The smallest absolute Gasteiger partial charge is 0.178 e. The molecule has 0 aliphatic heterocycles. The summed E-state index contributed by atoms with van der Waals surface area (Å²) in [5.41, 5.74) is 12.8. The molecule has 0 saturated heterocycles. The van der Waals surface area contributed by atoms with Crippen LogP contribution in [0.2, 0.25) is 0 Å². The van der Waals surface area contributed by atoms with Crippen LogP contribution in [0.1, 0.15) is 37.8 Å². The Kier molecular flexibility index (Phi) is 6.53. The van der Waals surface area contributed by atoms with Gasteiger partial charge in [0.2, 0.25) is 0 Å². The quantitative estimate of drug-likeness (QED) is 0.684. The number of nitrogens with two attached hydrogens (primary N) is 2. The molecule has 1 rings (SSSR count). The Morgan fingerprint density at radius 1 is 1.18 bits per heavy atom. The lowest BCUT2D eigenvalue weighted by Crippen LogP contribution is -2.48. The fourth-order valence-electron chi connectivity index (χ4n) is 2.48. The predicted octanol–water partition coefficient (Wildman–Crippen LogP) is 2.72. The molecule has 1 aromatic rings. The zero-order chi connectivity index (χ0) is 16.8. The van der Waals surface area contributed by atoms with Gasteiger partial charge in [-0.15, -0.1) is 13.2 Å². The van der Waals surface area contributed by atoms with Gasteiger partial charge in [-0.3, -0.25) is 0 Å². The second-order valence-corrected chi connectivity index (χ2v) is 7.69. The zero-order valence-electron chi connectivity index (χ0n) is 13.2. The normalized spacial score (nSPS) is 13.6. The Bertz CT molecular complexity index is 596. The van der Waals surface area contributed by atoms with Gasteiger partial charge in [0.1, 0.15) is 0 Å². The van der Waals surface area contributed by atoms with Gasteiger partial charge in [0.15, 0.2) is 9.84 Å². The van der Waals surface area contributed by atoms with Crippen molar-refractivity contribution in [3.8, 4) is 0 Å². The number of hydrogen-bond donors (Lipinski definition) is 2. The SMILES string of the molecule is C=CCC(N)(CC=C)C(N)c1ccc(S(=O)(=O)CCC)cc1. The molecule has 0 spiro atoms. The van der Waals surface area contributed by atoms with E-state index in [1.165, 1.54) is 0 Å². The minimum absolute atomic E-state index is 0.145. The number of benzene rings is 1. The molecule has 122 valence electrons. The van der Waals surface area contributed by atoms with Crippen molar-refractivity contribution in [2.45, 2.75) is 42.7 Å². The summed E-state index contributed by atoms with van der Waals surface area (Å²) in [6, 6.07) is 6.25. The first-order valence-corrected chi connectivity index (χ1v) is 9.05. The molecule has 0 aliphatic carbocycles. The summed E-state index contributed by atoms with van der Waals surface area (Å²) >= 11 is 0. The summed E-state index contributed by atoms with van der Waals surface area (Å²) in [6.07, 6.45) is 5.17. The van der Waals surface area contributed by atoms with Crippen LogP contribution < -0.4 is 11.5 Å². The van der Waals surface area contributed by atoms with E-state index in [0.29, 0.717) is 24.2 Å². The fraction of sp³-hybridized carbons (Fsp3) is 0.412. The first-order valence-electron chi connectivity index (χ1n) is 7.39. The van der Waals surface area contributed by atoms with Crippen LogP contribution in [0.4, 0.5) is 0 Å². The summed E-state index contributed by atoms with van der Waals surface area (Å²) in [6.45, 7) is 9.29. The third kappa shape index (κ3) is 4.29. The monoisotopic (exact) mass is 322 g/mol. The average Bonchev–Trinajstić information content (AvgIpc) is 2.47. The van der Waals surface area contributed by atoms with Crippen molar-refractivity contribution in [1.29, 1.82) is 0 Å². The van der Waals surface area contributed by atoms with Crippen molar-refractivity contribution in [1.82, 2.24) is 0 Å². The molecule has 1 atom stereocenters. The summed E-state index contributed by atoms with van der Waals surface area (Å²) in [5.74, 6) is 0.145. The van der Waals surface area contributed by atoms with E-state index in [4.69, 9.17) is 11.5 Å². The van der Waals surface area contributed by atoms with E-state index in [1.54, 1.807) is 36.4 Å². The Labute approximate surface area is 133 Å². The molecule has 4 N–H and O–H groups in total. The van der Waals surface area contributed by atoms with E-state index in [-0.39, 0.29) is 5.75 Å². The van der Waals surface area contributed by atoms with Crippen LogP contribution in [0.25, 0.3) is 0 Å². The van der Waals surface area contributed by atoms with Crippen LogP contribution in [0.15, 0.2) is 54.5 Å². The molecule has 0 heterocycles. The highest BCUT2D eigenvalue weighted by Crippen LogP contribution is 2.29. The van der Waals surface area contributed by atoms with Crippen LogP contribution >= 0.6 is 0 Å².